The minimum atomic E-state index is -0.548. The van der Waals surface area contributed by atoms with Crippen molar-refractivity contribution in [1.29, 1.82) is 0 Å². The van der Waals surface area contributed by atoms with Crippen LogP contribution >= 0.6 is 20.4 Å². The highest BCUT2D eigenvalue weighted by Crippen LogP contribution is 2.32. The van der Waals surface area contributed by atoms with E-state index in [-0.39, 0.29) is 17.5 Å². The van der Waals surface area contributed by atoms with E-state index in [1.807, 2.05) is 18.2 Å². The van der Waals surface area contributed by atoms with Gasteiger partial charge in [-0.2, -0.15) is 0 Å². The lowest BCUT2D eigenvalue weighted by Gasteiger charge is -2.29. The van der Waals surface area contributed by atoms with E-state index in [1.54, 1.807) is 23.9 Å². The van der Waals surface area contributed by atoms with E-state index in [0.29, 0.717) is 5.69 Å². The molecule has 0 aliphatic carbocycles. The average molecular weight is 449 g/mol. The van der Waals surface area contributed by atoms with Gasteiger partial charge < -0.3 is 14.6 Å². The van der Waals surface area contributed by atoms with Gasteiger partial charge in [-0.05, 0) is 30.7 Å². The molecule has 1 N–H and O–H groups in total. The standard InChI is InChI=1S/C20H24N3O5PS/c24-23(25)20-14-17(28-29-26)6-7-19(20)21-16(8-9-22-10-12-27-13-11-22)15-30-18-4-2-1-3-5-18/h1-7,14,16,21H,8-13,15H2/t16-/m1/s1. The number of nitrogens with zero attached hydrogens (tertiary/aromatic N) is 2. The number of hydrogen-bond acceptors (Lipinski definition) is 8. The van der Waals surface area contributed by atoms with Crippen LogP contribution in [-0.4, -0.2) is 54.5 Å². The molecule has 2 aromatic rings. The first-order valence-electron chi connectivity index (χ1n) is 9.68. The Hall–Kier alpha value is -2.19. The Labute approximate surface area is 181 Å². The van der Waals surface area contributed by atoms with Gasteiger partial charge in [0.25, 0.3) is 5.69 Å². The highest BCUT2D eigenvalue weighted by atomic mass is 32.2. The van der Waals surface area contributed by atoms with E-state index in [2.05, 4.69) is 22.3 Å². The highest BCUT2D eigenvalue weighted by Gasteiger charge is 2.20. The van der Waals surface area contributed by atoms with Crippen molar-refractivity contribution >= 4 is 31.8 Å². The van der Waals surface area contributed by atoms with Gasteiger partial charge in [0.05, 0.1) is 24.2 Å². The largest absolute Gasteiger partial charge is 0.407 e. The molecule has 1 saturated heterocycles. The molecule has 1 aliphatic heterocycles. The molecule has 0 spiro atoms. The lowest BCUT2D eigenvalue weighted by molar-refractivity contribution is -0.384. The maximum absolute atomic E-state index is 11.5. The molecule has 1 heterocycles. The number of benzene rings is 2. The van der Waals surface area contributed by atoms with Gasteiger partial charge in [0.15, 0.2) is 0 Å². The van der Waals surface area contributed by atoms with Gasteiger partial charge in [0, 0.05) is 36.3 Å². The second-order valence-corrected chi connectivity index (χ2v) is 8.23. The Kier molecular flexibility index (Phi) is 8.89. The Bertz CT molecular complexity index is 836. The third-order valence-corrected chi connectivity index (χ3v) is 6.22. The van der Waals surface area contributed by atoms with Crippen molar-refractivity contribution in [2.24, 2.45) is 0 Å². The summed E-state index contributed by atoms with van der Waals surface area (Å²) in [5, 5.41) is 14.9. The van der Waals surface area contributed by atoms with Gasteiger partial charge in [-0.15, -0.1) is 11.8 Å². The number of morpholine rings is 1. The molecule has 1 atom stereocenters. The van der Waals surface area contributed by atoms with Crippen LogP contribution < -0.4 is 9.84 Å². The summed E-state index contributed by atoms with van der Waals surface area (Å²) >= 11 is 1.72. The van der Waals surface area contributed by atoms with Crippen molar-refractivity contribution < 1.29 is 18.7 Å². The van der Waals surface area contributed by atoms with E-state index in [4.69, 9.17) is 9.26 Å². The molecule has 8 nitrogen and oxygen atoms in total. The lowest BCUT2D eigenvalue weighted by Crippen LogP contribution is -2.39. The van der Waals surface area contributed by atoms with Crippen LogP contribution in [0.15, 0.2) is 53.4 Å². The normalized spacial score (nSPS) is 15.6. The minimum Gasteiger partial charge on any atom is -0.407 e. The van der Waals surface area contributed by atoms with E-state index in [9.17, 15) is 14.7 Å². The van der Waals surface area contributed by atoms with E-state index >= 15 is 0 Å². The molecule has 1 fully saturated rings. The zero-order valence-electron chi connectivity index (χ0n) is 16.4. The summed E-state index contributed by atoms with van der Waals surface area (Å²) in [6.45, 7) is 4.17. The molecular formula is C20H24N3O5PS. The fourth-order valence-corrected chi connectivity index (χ4v) is 4.37. The Morgan fingerprint density at radius 1 is 1.23 bits per heavy atom. The third kappa shape index (κ3) is 6.95. The van der Waals surface area contributed by atoms with Gasteiger partial charge in [0.2, 0.25) is 0 Å². The SMILES string of the molecule is O=POc1ccc(N[C@H](CCN2CCOCC2)CSc2ccccc2)c([N+](=O)[O-])c1. The predicted molar refractivity (Wildman–Crippen MR) is 118 cm³/mol. The number of rotatable bonds is 11. The Morgan fingerprint density at radius 2 is 2.00 bits per heavy atom. The maximum Gasteiger partial charge on any atom is 0.395 e. The van der Waals surface area contributed by atoms with Crippen molar-refractivity contribution in [3.8, 4) is 5.75 Å². The summed E-state index contributed by atoms with van der Waals surface area (Å²) < 4.78 is 20.9. The summed E-state index contributed by atoms with van der Waals surface area (Å²) in [4.78, 5) is 14.6. The van der Waals surface area contributed by atoms with Crippen LogP contribution in [0, 0.1) is 10.1 Å². The van der Waals surface area contributed by atoms with Gasteiger partial charge in [0.1, 0.15) is 11.4 Å². The monoisotopic (exact) mass is 449 g/mol. The molecule has 0 aromatic heterocycles. The quantitative estimate of drug-likeness (QED) is 0.232. The molecule has 160 valence electrons. The molecule has 0 radical (unpaired) electrons. The zero-order valence-corrected chi connectivity index (χ0v) is 18.1. The molecule has 3 rings (SSSR count). The number of ether oxygens (including phenoxy) is 1. The van der Waals surface area contributed by atoms with Crippen LogP contribution in [0.25, 0.3) is 0 Å². The van der Waals surface area contributed by atoms with E-state index in [1.165, 1.54) is 6.07 Å². The van der Waals surface area contributed by atoms with Gasteiger partial charge >= 0.3 is 8.69 Å². The fourth-order valence-electron chi connectivity index (χ4n) is 3.18. The first kappa shape index (κ1) is 22.5. The molecule has 10 heteroatoms. The number of anilines is 1. The van der Waals surface area contributed by atoms with Gasteiger partial charge in [-0.25, -0.2) is 4.57 Å². The molecule has 0 unspecified atom stereocenters. The summed E-state index contributed by atoms with van der Waals surface area (Å²) in [6.07, 6.45) is 0.842. The first-order valence-corrected chi connectivity index (χ1v) is 11.4. The molecule has 0 saturated carbocycles. The zero-order chi connectivity index (χ0) is 21.2. The van der Waals surface area contributed by atoms with Gasteiger partial charge in [-0.1, -0.05) is 18.2 Å². The summed E-state index contributed by atoms with van der Waals surface area (Å²) in [7, 11) is -0.548. The van der Waals surface area contributed by atoms with Crippen LogP contribution in [0.5, 0.6) is 5.75 Å². The van der Waals surface area contributed by atoms with E-state index < -0.39 is 13.6 Å². The molecule has 0 bridgehead atoms. The van der Waals surface area contributed by atoms with Crippen molar-refractivity contribution in [3.05, 3.63) is 58.6 Å². The summed E-state index contributed by atoms with van der Waals surface area (Å²) in [5.74, 6) is 0.954. The van der Waals surface area contributed by atoms with Crippen molar-refractivity contribution in [2.75, 3.05) is 43.9 Å². The Balaban J connectivity index is 1.71. The number of nitro benzene ring substituents is 1. The van der Waals surface area contributed by atoms with E-state index in [0.717, 1.165) is 49.9 Å². The first-order chi connectivity index (χ1) is 14.7. The number of nitro groups is 1. The third-order valence-electron chi connectivity index (χ3n) is 4.76. The Morgan fingerprint density at radius 3 is 2.70 bits per heavy atom. The van der Waals surface area contributed by atoms with Crippen molar-refractivity contribution in [2.45, 2.75) is 17.4 Å². The van der Waals surface area contributed by atoms with Crippen LogP contribution in [0.1, 0.15) is 6.42 Å². The molecule has 2 aromatic carbocycles. The van der Waals surface area contributed by atoms with Gasteiger partial charge in [-0.3, -0.25) is 15.0 Å². The predicted octanol–water partition coefficient (Wildman–Crippen LogP) is 4.48. The topological polar surface area (TPSA) is 93.9 Å². The second kappa shape index (κ2) is 11.9. The minimum absolute atomic E-state index is 0.0288. The number of thioether (sulfide) groups is 1. The lowest BCUT2D eigenvalue weighted by atomic mass is 10.2. The summed E-state index contributed by atoms with van der Waals surface area (Å²) in [5.41, 5.74) is 0.327. The second-order valence-electron chi connectivity index (χ2n) is 6.81. The molecule has 30 heavy (non-hydrogen) atoms. The van der Waals surface area contributed by atoms with Crippen molar-refractivity contribution in [3.63, 3.8) is 0 Å². The molecule has 0 amide bonds. The van der Waals surface area contributed by atoms with Crippen LogP contribution in [0.3, 0.4) is 0 Å². The number of hydrogen-bond donors (Lipinski definition) is 1. The van der Waals surface area contributed by atoms with Crippen LogP contribution in [0.2, 0.25) is 0 Å². The molecule has 1 aliphatic rings. The highest BCUT2D eigenvalue weighted by molar-refractivity contribution is 7.99. The smallest absolute Gasteiger partial charge is 0.395 e. The van der Waals surface area contributed by atoms with Crippen LogP contribution in [-0.2, 0) is 9.30 Å². The fraction of sp³-hybridized carbons (Fsp3) is 0.400. The molecular weight excluding hydrogens is 425 g/mol. The van der Waals surface area contributed by atoms with Crippen molar-refractivity contribution in [1.82, 2.24) is 4.90 Å². The van der Waals surface area contributed by atoms with Crippen LogP contribution in [0.4, 0.5) is 11.4 Å². The summed E-state index contributed by atoms with van der Waals surface area (Å²) in [6, 6.07) is 14.6. The number of nitrogens with one attached hydrogen (secondary N) is 1. The average Bonchev–Trinajstić information content (AvgIpc) is 2.78. The maximum atomic E-state index is 11.5.